The average molecular weight is 267 g/mol. The molecule has 0 radical (unpaired) electrons. The SMILES string of the molecule is Cc1cc(NCc2cscn2)c([N+](=O)[O-])cc1F. The number of benzene rings is 1. The first-order valence-electron chi connectivity index (χ1n) is 5.13. The zero-order valence-electron chi connectivity index (χ0n) is 9.51. The van der Waals surface area contributed by atoms with Gasteiger partial charge in [0.1, 0.15) is 11.5 Å². The zero-order chi connectivity index (χ0) is 13.1. The van der Waals surface area contributed by atoms with E-state index >= 15 is 0 Å². The van der Waals surface area contributed by atoms with Crippen molar-refractivity contribution < 1.29 is 9.31 Å². The van der Waals surface area contributed by atoms with E-state index in [1.807, 2.05) is 5.38 Å². The molecule has 18 heavy (non-hydrogen) atoms. The van der Waals surface area contributed by atoms with Crippen LogP contribution in [0.25, 0.3) is 0 Å². The zero-order valence-corrected chi connectivity index (χ0v) is 10.3. The number of hydrogen-bond acceptors (Lipinski definition) is 5. The predicted molar refractivity (Wildman–Crippen MR) is 67.2 cm³/mol. The number of hydrogen-bond donors (Lipinski definition) is 1. The molecule has 0 atom stereocenters. The van der Waals surface area contributed by atoms with E-state index in [1.54, 1.807) is 12.4 Å². The molecular weight excluding hydrogens is 257 g/mol. The number of thiazole rings is 1. The number of nitro groups is 1. The van der Waals surface area contributed by atoms with Crippen LogP contribution < -0.4 is 5.32 Å². The summed E-state index contributed by atoms with van der Waals surface area (Å²) in [6.45, 7) is 1.93. The van der Waals surface area contributed by atoms with E-state index in [2.05, 4.69) is 10.3 Å². The Morgan fingerprint density at radius 2 is 2.33 bits per heavy atom. The number of aromatic nitrogens is 1. The van der Waals surface area contributed by atoms with E-state index in [0.29, 0.717) is 17.8 Å². The van der Waals surface area contributed by atoms with Gasteiger partial charge in [-0.2, -0.15) is 0 Å². The summed E-state index contributed by atoms with van der Waals surface area (Å²) in [7, 11) is 0. The molecule has 5 nitrogen and oxygen atoms in total. The van der Waals surface area contributed by atoms with Crippen molar-refractivity contribution in [2.45, 2.75) is 13.5 Å². The summed E-state index contributed by atoms with van der Waals surface area (Å²) in [5, 5.41) is 15.6. The van der Waals surface area contributed by atoms with Gasteiger partial charge in [-0.3, -0.25) is 10.1 Å². The van der Waals surface area contributed by atoms with Gasteiger partial charge in [0, 0.05) is 5.38 Å². The molecule has 0 amide bonds. The smallest absolute Gasteiger partial charge is 0.295 e. The van der Waals surface area contributed by atoms with Gasteiger partial charge in [0.15, 0.2) is 0 Å². The summed E-state index contributed by atoms with van der Waals surface area (Å²) >= 11 is 1.45. The van der Waals surface area contributed by atoms with Crippen LogP contribution in [0, 0.1) is 22.9 Å². The van der Waals surface area contributed by atoms with Crippen LogP contribution in [-0.2, 0) is 6.54 Å². The summed E-state index contributed by atoms with van der Waals surface area (Å²) in [4.78, 5) is 14.3. The van der Waals surface area contributed by atoms with Gasteiger partial charge in [-0.15, -0.1) is 11.3 Å². The van der Waals surface area contributed by atoms with Crippen LogP contribution in [0.15, 0.2) is 23.0 Å². The predicted octanol–water partition coefficient (Wildman–Crippen LogP) is 3.11. The Hall–Kier alpha value is -2.02. The van der Waals surface area contributed by atoms with Gasteiger partial charge >= 0.3 is 0 Å². The van der Waals surface area contributed by atoms with E-state index in [4.69, 9.17) is 0 Å². The summed E-state index contributed by atoms with van der Waals surface area (Å²) in [6, 6.07) is 2.36. The minimum Gasteiger partial charge on any atom is -0.374 e. The van der Waals surface area contributed by atoms with Gasteiger partial charge in [-0.25, -0.2) is 9.37 Å². The Balaban J connectivity index is 2.25. The first kappa shape index (κ1) is 12.4. The fourth-order valence-corrected chi connectivity index (χ4v) is 2.03. The third kappa shape index (κ3) is 2.62. The molecule has 2 aromatic rings. The van der Waals surface area contributed by atoms with Crippen LogP contribution in [-0.4, -0.2) is 9.91 Å². The number of rotatable bonds is 4. The molecule has 1 N–H and O–H groups in total. The van der Waals surface area contributed by atoms with Crippen LogP contribution >= 0.6 is 11.3 Å². The molecule has 0 aliphatic rings. The van der Waals surface area contributed by atoms with E-state index in [1.165, 1.54) is 17.4 Å². The molecule has 0 aliphatic carbocycles. The standard InChI is InChI=1S/C11H10FN3O2S/c1-7-2-10(11(15(16)17)3-9(7)12)13-4-8-5-18-6-14-8/h2-3,5-6,13H,4H2,1H3. The second-order valence-electron chi connectivity index (χ2n) is 3.71. The lowest BCUT2D eigenvalue weighted by Gasteiger charge is -2.07. The van der Waals surface area contributed by atoms with E-state index in [-0.39, 0.29) is 5.69 Å². The number of aryl methyl sites for hydroxylation is 1. The summed E-state index contributed by atoms with van der Waals surface area (Å²) in [5.41, 5.74) is 2.86. The first-order valence-corrected chi connectivity index (χ1v) is 6.07. The Bertz CT molecular complexity index is 572. The molecule has 0 saturated carbocycles. The third-order valence-corrected chi connectivity index (χ3v) is 3.05. The molecule has 0 spiro atoms. The quantitative estimate of drug-likeness (QED) is 0.682. The van der Waals surface area contributed by atoms with Crippen molar-refractivity contribution in [1.29, 1.82) is 0 Å². The molecule has 0 aliphatic heterocycles. The maximum atomic E-state index is 13.3. The lowest BCUT2D eigenvalue weighted by atomic mass is 10.2. The number of nitrogens with zero attached hydrogens (tertiary/aromatic N) is 2. The second kappa shape index (κ2) is 5.09. The van der Waals surface area contributed by atoms with Gasteiger partial charge in [-0.1, -0.05) is 0 Å². The summed E-state index contributed by atoms with van der Waals surface area (Å²) in [5.74, 6) is -0.582. The van der Waals surface area contributed by atoms with Crippen molar-refractivity contribution in [3.8, 4) is 0 Å². The van der Waals surface area contributed by atoms with Crippen molar-refractivity contribution in [2.24, 2.45) is 0 Å². The highest BCUT2D eigenvalue weighted by atomic mass is 32.1. The molecule has 94 valence electrons. The van der Waals surface area contributed by atoms with Crippen molar-refractivity contribution in [3.63, 3.8) is 0 Å². The molecule has 0 fully saturated rings. The van der Waals surface area contributed by atoms with Crippen LogP contribution in [0.4, 0.5) is 15.8 Å². The molecule has 0 bridgehead atoms. The Labute approximate surface area is 106 Å². The number of nitrogens with one attached hydrogen (secondary N) is 1. The van der Waals surface area contributed by atoms with Gasteiger partial charge < -0.3 is 5.32 Å². The normalized spacial score (nSPS) is 10.3. The Kier molecular flexibility index (Phi) is 3.52. The molecule has 1 aromatic carbocycles. The fourth-order valence-electron chi connectivity index (χ4n) is 1.47. The van der Waals surface area contributed by atoms with Gasteiger partial charge in [0.2, 0.25) is 0 Å². The lowest BCUT2D eigenvalue weighted by Crippen LogP contribution is -2.04. The average Bonchev–Trinajstić information content (AvgIpc) is 2.83. The van der Waals surface area contributed by atoms with Gasteiger partial charge in [0.05, 0.1) is 28.7 Å². The topological polar surface area (TPSA) is 68.1 Å². The number of nitro benzene ring substituents is 1. The maximum absolute atomic E-state index is 13.3. The molecule has 0 saturated heterocycles. The fraction of sp³-hybridized carbons (Fsp3) is 0.182. The van der Waals surface area contributed by atoms with Crippen molar-refractivity contribution in [1.82, 2.24) is 4.98 Å². The molecule has 7 heteroatoms. The second-order valence-corrected chi connectivity index (χ2v) is 4.43. The van der Waals surface area contributed by atoms with E-state index < -0.39 is 10.7 Å². The van der Waals surface area contributed by atoms with Crippen LogP contribution in [0.1, 0.15) is 11.3 Å². The van der Waals surface area contributed by atoms with Gasteiger partial charge in [-0.05, 0) is 18.6 Å². The Morgan fingerprint density at radius 3 is 2.94 bits per heavy atom. The van der Waals surface area contributed by atoms with Crippen LogP contribution in [0.5, 0.6) is 0 Å². The van der Waals surface area contributed by atoms with Crippen molar-refractivity contribution in [2.75, 3.05) is 5.32 Å². The lowest BCUT2D eigenvalue weighted by molar-refractivity contribution is -0.384. The molecular formula is C11H10FN3O2S. The third-order valence-electron chi connectivity index (χ3n) is 2.42. The van der Waals surface area contributed by atoms with Crippen molar-refractivity contribution >= 4 is 22.7 Å². The van der Waals surface area contributed by atoms with E-state index in [9.17, 15) is 14.5 Å². The molecule has 1 heterocycles. The number of halogens is 1. The van der Waals surface area contributed by atoms with Gasteiger partial charge in [0.25, 0.3) is 5.69 Å². The molecule has 2 rings (SSSR count). The monoisotopic (exact) mass is 267 g/mol. The van der Waals surface area contributed by atoms with Crippen LogP contribution in [0.3, 0.4) is 0 Å². The van der Waals surface area contributed by atoms with E-state index in [0.717, 1.165) is 11.8 Å². The largest absolute Gasteiger partial charge is 0.374 e. The highest BCUT2D eigenvalue weighted by Crippen LogP contribution is 2.27. The molecule has 1 aromatic heterocycles. The summed E-state index contributed by atoms with van der Waals surface area (Å²) in [6.07, 6.45) is 0. The minimum atomic E-state index is -0.605. The maximum Gasteiger partial charge on any atom is 0.295 e. The highest BCUT2D eigenvalue weighted by Gasteiger charge is 2.16. The Morgan fingerprint density at radius 1 is 1.56 bits per heavy atom. The molecule has 0 unspecified atom stereocenters. The first-order chi connectivity index (χ1) is 8.58. The number of anilines is 1. The summed E-state index contributed by atoms with van der Waals surface area (Å²) < 4.78 is 13.3. The van der Waals surface area contributed by atoms with Crippen LogP contribution in [0.2, 0.25) is 0 Å². The van der Waals surface area contributed by atoms with Crippen molar-refractivity contribution in [3.05, 3.63) is 50.2 Å². The minimum absolute atomic E-state index is 0.270. The highest BCUT2D eigenvalue weighted by molar-refractivity contribution is 7.07.